The first kappa shape index (κ1) is 19.3. The van der Waals surface area contributed by atoms with Gasteiger partial charge in [0.2, 0.25) is 0 Å². The predicted molar refractivity (Wildman–Crippen MR) is 111 cm³/mol. The highest BCUT2D eigenvalue weighted by molar-refractivity contribution is 9.10. The fourth-order valence-electron chi connectivity index (χ4n) is 2.38. The van der Waals surface area contributed by atoms with E-state index in [0.717, 1.165) is 5.56 Å². The molecule has 0 amide bonds. The Morgan fingerprint density at radius 2 is 1.96 bits per heavy atom. The van der Waals surface area contributed by atoms with Crippen molar-refractivity contribution in [1.29, 1.82) is 0 Å². The van der Waals surface area contributed by atoms with Crippen LogP contribution in [0.3, 0.4) is 0 Å². The van der Waals surface area contributed by atoms with Gasteiger partial charge in [0.25, 0.3) is 0 Å². The van der Waals surface area contributed by atoms with E-state index in [1.165, 1.54) is 11.8 Å². The summed E-state index contributed by atoms with van der Waals surface area (Å²) in [4.78, 5) is 17.3. The van der Waals surface area contributed by atoms with Crippen molar-refractivity contribution in [2.45, 2.75) is 6.92 Å². The number of aromatic hydroxyl groups is 1. The summed E-state index contributed by atoms with van der Waals surface area (Å²) < 4.78 is 5.61. The lowest BCUT2D eigenvalue weighted by Gasteiger charge is -2.03. The minimum atomic E-state index is -0.618. The number of esters is 1. The van der Waals surface area contributed by atoms with E-state index in [4.69, 9.17) is 4.74 Å². The van der Waals surface area contributed by atoms with Crippen LogP contribution in [0.1, 0.15) is 12.5 Å². The minimum absolute atomic E-state index is 0.0507. The summed E-state index contributed by atoms with van der Waals surface area (Å²) in [5.74, 6) is -0.667. The molecule has 0 unspecified atom stereocenters. The Morgan fingerprint density at radius 3 is 2.63 bits per heavy atom. The Morgan fingerprint density at radius 1 is 1.22 bits per heavy atom. The number of thioether (sulfide) groups is 1. The number of phenols is 1. The van der Waals surface area contributed by atoms with Crippen LogP contribution >= 0.6 is 27.7 Å². The lowest BCUT2D eigenvalue weighted by molar-refractivity contribution is -0.138. The number of carbonyl (C=O) groups excluding carboxylic acids is 1. The minimum Gasteiger partial charge on any atom is -0.507 e. The molecule has 0 radical (unpaired) electrons. The molecule has 1 aliphatic heterocycles. The van der Waals surface area contributed by atoms with Crippen LogP contribution in [-0.4, -0.2) is 27.8 Å². The molecule has 0 aromatic heterocycles. The molecule has 0 aliphatic carbocycles. The first-order chi connectivity index (χ1) is 13.0. The second-order valence-electron chi connectivity index (χ2n) is 5.52. The van der Waals surface area contributed by atoms with Gasteiger partial charge in [-0.1, -0.05) is 36.0 Å². The summed E-state index contributed by atoms with van der Waals surface area (Å²) in [5, 5.41) is 20.6. The van der Waals surface area contributed by atoms with E-state index in [1.54, 1.807) is 31.2 Å². The number of aliphatic hydroxyl groups excluding tert-OH is 1. The van der Waals surface area contributed by atoms with Crippen LogP contribution in [0.4, 0.5) is 5.69 Å². The Kier molecular flexibility index (Phi) is 6.03. The molecule has 2 aromatic carbocycles. The highest BCUT2D eigenvalue weighted by atomic mass is 79.9. The molecule has 2 aromatic rings. The van der Waals surface area contributed by atoms with E-state index in [-0.39, 0.29) is 23.7 Å². The van der Waals surface area contributed by atoms with E-state index >= 15 is 0 Å². The van der Waals surface area contributed by atoms with Crippen LogP contribution in [0, 0.1) is 0 Å². The average Bonchev–Trinajstić information content (AvgIpc) is 2.94. The number of rotatable bonds is 4. The summed E-state index contributed by atoms with van der Waals surface area (Å²) >= 11 is 4.45. The lowest BCUT2D eigenvalue weighted by atomic mass is 10.1. The fraction of sp³-hybridized carbons (Fsp3) is 0.100. The van der Waals surface area contributed by atoms with Gasteiger partial charge in [-0.3, -0.25) is 0 Å². The maximum Gasteiger partial charge on any atom is 0.344 e. The Labute approximate surface area is 169 Å². The van der Waals surface area contributed by atoms with Gasteiger partial charge in [0.05, 0.1) is 21.7 Å². The molecule has 2 N–H and O–H groups in total. The maximum atomic E-state index is 12.4. The summed E-state index contributed by atoms with van der Waals surface area (Å²) in [6.07, 6.45) is 1.72. The number of hydrogen-bond donors (Lipinski definition) is 2. The van der Waals surface area contributed by atoms with Gasteiger partial charge in [-0.25, -0.2) is 9.79 Å². The second kappa shape index (κ2) is 8.45. The first-order valence-electron chi connectivity index (χ1n) is 8.12. The molecule has 138 valence electrons. The summed E-state index contributed by atoms with van der Waals surface area (Å²) in [5.41, 5.74) is 1.47. The predicted octanol–water partition coefficient (Wildman–Crippen LogP) is 5.35. The van der Waals surface area contributed by atoms with E-state index < -0.39 is 5.97 Å². The molecule has 0 saturated carbocycles. The normalized spacial score (nSPS) is 17.0. The Hall–Kier alpha value is -2.51. The fourth-order valence-corrected chi connectivity index (χ4v) is 3.81. The molecular formula is C20H16BrNO4S. The SMILES string of the molecule is CCOC(=O)C1=C(O)C(=Cc2ccc(O)c(Br)c2)SC1=Nc1ccccc1. The van der Waals surface area contributed by atoms with Crippen molar-refractivity contribution in [2.75, 3.05) is 6.61 Å². The van der Waals surface area contributed by atoms with Gasteiger partial charge in [0.1, 0.15) is 22.1 Å². The zero-order valence-corrected chi connectivity index (χ0v) is 16.8. The van der Waals surface area contributed by atoms with Crippen molar-refractivity contribution >= 4 is 50.5 Å². The number of halogens is 1. The van der Waals surface area contributed by atoms with E-state index in [0.29, 0.717) is 20.1 Å². The monoisotopic (exact) mass is 445 g/mol. The van der Waals surface area contributed by atoms with Gasteiger partial charge >= 0.3 is 5.97 Å². The van der Waals surface area contributed by atoms with Crippen LogP contribution < -0.4 is 0 Å². The topological polar surface area (TPSA) is 79.1 Å². The number of nitrogens with zero attached hydrogens (tertiary/aromatic N) is 1. The number of phenolic OH excluding ortho intramolecular Hbond substituents is 1. The number of benzene rings is 2. The molecule has 7 heteroatoms. The number of aliphatic hydroxyl groups is 1. The molecule has 1 heterocycles. The van der Waals surface area contributed by atoms with Gasteiger partial charge in [0, 0.05) is 0 Å². The maximum absolute atomic E-state index is 12.4. The smallest absolute Gasteiger partial charge is 0.344 e. The van der Waals surface area contributed by atoms with Crippen molar-refractivity contribution in [1.82, 2.24) is 0 Å². The average molecular weight is 446 g/mol. The molecule has 1 aliphatic rings. The number of ether oxygens (including phenoxy) is 1. The molecule has 0 bridgehead atoms. The number of carbonyl (C=O) groups is 1. The van der Waals surface area contributed by atoms with E-state index in [2.05, 4.69) is 20.9 Å². The van der Waals surface area contributed by atoms with E-state index in [9.17, 15) is 15.0 Å². The Bertz CT molecular complexity index is 967. The first-order valence-corrected chi connectivity index (χ1v) is 9.73. The molecule has 0 saturated heterocycles. The van der Waals surface area contributed by atoms with Gasteiger partial charge in [-0.15, -0.1) is 0 Å². The van der Waals surface area contributed by atoms with Crippen molar-refractivity contribution in [3.63, 3.8) is 0 Å². The third kappa shape index (κ3) is 4.43. The number of aliphatic imine (C=N–C) groups is 1. The van der Waals surface area contributed by atoms with Crippen LogP contribution in [0.15, 0.2) is 74.2 Å². The van der Waals surface area contributed by atoms with Gasteiger partial charge in [-0.05, 0) is 58.8 Å². The van der Waals surface area contributed by atoms with Crippen LogP contribution in [0.25, 0.3) is 6.08 Å². The summed E-state index contributed by atoms with van der Waals surface area (Å²) in [6, 6.07) is 14.2. The third-order valence-electron chi connectivity index (χ3n) is 3.63. The van der Waals surface area contributed by atoms with Gasteiger partial charge in [0.15, 0.2) is 0 Å². The lowest BCUT2D eigenvalue weighted by Crippen LogP contribution is -2.12. The molecule has 27 heavy (non-hydrogen) atoms. The van der Waals surface area contributed by atoms with Gasteiger partial charge < -0.3 is 14.9 Å². The molecular weight excluding hydrogens is 430 g/mol. The van der Waals surface area contributed by atoms with Crippen LogP contribution in [0.5, 0.6) is 5.75 Å². The van der Waals surface area contributed by atoms with Crippen LogP contribution in [0.2, 0.25) is 0 Å². The standard InChI is InChI=1S/C20H16BrNO4S/c1-2-26-20(25)17-18(24)16(11-12-8-9-15(23)14(21)10-12)27-19(17)22-13-6-4-3-5-7-13/h3-11,23-24H,2H2,1H3. The van der Waals surface area contributed by atoms with Crippen molar-refractivity contribution < 1.29 is 19.7 Å². The highest BCUT2D eigenvalue weighted by Gasteiger charge is 2.33. The largest absolute Gasteiger partial charge is 0.507 e. The number of para-hydroxylation sites is 1. The summed E-state index contributed by atoms with van der Waals surface area (Å²) in [6.45, 7) is 1.90. The molecule has 0 atom stereocenters. The molecule has 0 fully saturated rings. The van der Waals surface area contributed by atoms with Crippen molar-refractivity contribution in [3.05, 3.63) is 74.8 Å². The summed E-state index contributed by atoms with van der Waals surface area (Å²) in [7, 11) is 0. The third-order valence-corrected chi connectivity index (χ3v) is 5.28. The molecule has 0 spiro atoms. The zero-order chi connectivity index (χ0) is 19.4. The van der Waals surface area contributed by atoms with Crippen molar-refractivity contribution in [3.8, 4) is 5.75 Å². The zero-order valence-electron chi connectivity index (χ0n) is 14.3. The molecule has 5 nitrogen and oxygen atoms in total. The van der Waals surface area contributed by atoms with Crippen LogP contribution in [-0.2, 0) is 9.53 Å². The molecule has 3 rings (SSSR count). The second-order valence-corrected chi connectivity index (χ2v) is 7.40. The van der Waals surface area contributed by atoms with Crippen molar-refractivity contribution in [2.24, 2.45) is 4.99 Å². The van der Waals surface area contributed by atoms with E-state index in [1.807, 2.05) is 30.3 Å². The van der Waals surface area contributed by atoms with Gasteiger partial charge in [-0.2, -0.15) is 0 Å². The quantitative estimate of drug-likeness (QED) is 0.620. The number of hydrogen-bond acceptors (Lipinski definition) is 6. The Balaban J connectivity index is 2.04. The highest BCUT2D eigenvalue weighted by Crippen LogP contribution is 2.40.